The zero-order valence-corrected chi connectivity index (χ0v) is 10.6. The molecular weight excluding hydrogens is 190 g/mol. The highest BCUT2D eigenvalue weighted by atomic mass is 16.6. The van der Waals surface area contributed by atoms with E-state index >= 15 is 0 Å². The van der Waals surface area contributed by atoms with Crippen LogP contribution in [0.3, 0.4) is 0 Å². The number of likely N-dealkylation sites (tertiary alicyclic amines) is 1. The van der Waals surface area contributed by atoms with E-state index in [1.165, 1.54) is 0 Å². The van der Waals surface area contributed by atoms with E-state index in [-0.39, 0.29) is 17.1 Å². The molecular formula is C12H23NO2. The maximum absolute atomic E-state index is 11.8. The molecule has 0 spiro atoms. The quantitative estimate of drug-likeness (QED) is 0.670. The van der Waals surface area contributed by atoms with E-state index in [4.69, 9.17) is 4.74 Å². The van der Waals surface area contributed by atoms with Gasteiger partial charge in [-0.15, -0.1) is 0 Å². The van der Waals surface area contributed by atoms with Gasteiger partial charge in [-0.1, -0.05) is 13.8 Å². The average molecular weight is 213 g/mol. The Hall–Kier alpha value is -0.730. The van der Waals surface area contributed by atoms with Crippen LogP contribution in [0, 0.1) is 5.41 Å². The molecule has 0 aliphatic carbocycles. The minimum Gasteiger partial charge on any atom is -0.444 e. The fourth-order valence-electron chi connectivity index (χ4n) is 1.79. The van der Waals surface area contributed by atoms with Crippen molar-refractivity contribution < 1.29 is 9.53 Å². The van der Waals surface area contributed by atoms with Gasteiger partial charge < -0.3 is 9.64 Å². The summed E-state index contributed by atoms with van der Waals surface area (Å²) >= 11 is 0. The van der Waals surface area contributed by atoms with E-state index in [1.54, 1.807) is 0 Å². The van der Waals surface area contributed by atoms with Gasteiger partial charge in [0.1, 0.15) is 5.60 Å². The maximum atomic E-state index is 11.8. The van der Waals surface area contributed by atoms with Crippen molar-refractivity contribution in [3.05, 3.63) is 0 Å². The second-order valence-electron chi connectivity index (χ2n) is 5.82. The largest absolute Gasteiger partial charge is 0.444 e. The standard InChI is InChI=1S/C12H23NO2/c1-6-12(5)7-8-13(9-12)10(14)15-11(2,3)4/h6-9H2,1-5H3. The number of amides is 1. The Kier molecular flexibility index (Phi) is 3.31. The number of carbonyl (C=O) groups is 1. The molecule has 0 aromatic rings. The second kappa shape index (κ2) is 4.03. The smallest absolute Gasteiger partial charge is 0.410 e. The van der Waals surface area contributed by atoms with Crippen LogP contribution in [0.5, 0.6) is 0 Å². The van der Waals surface area contributed by atoms with Crippen LogP contribution in [-0.4, -0.2) is 29.7 Å². The monoisotopic (exact) mass is 213 g/mol. The fourth-order valence-corrected chi connectivity index (χ4v) is 1.79. The molecule has 1 heterocycles. The first-order valence-corrected chi connectivity index (χ1v) is 5.74. The third-order valence-corrected chi connectivity index (χ3v) is 3.06. The van der Waals surface area contributed by atoms with Crippen LogP contribution in [0.4, 0.5) is 4.79 Å². The molecule has 0 saturated carbocycles. The van der Waals surface area contributed by atoms with Gasteiger partial charge in [-0.3, -0.25) is 0 Å². The Morgan fingerprint density at radius 3 is 2.47 bits per heavy atom. The normalized spacial score (nSPS) is 26.9. The van der Waals surface area contributed by atoms with Crippen molar-refractivity contribution in [1.82, 2.24) is 4.90 Å². The Morgan fingerprint density at radius 1 is 1.47 bits per heavy atom. The van der Waals surface area contributed by atoms with Crippen LogP contribution in [-0.2, 0) is 4.74 Å². The molecule has 3 heteroatoms. The zero-order chi connectivity index (χ0) is 11.7. The van der Waals surface area contributed by atoms with Crippen LogP contribution in [0.25, 0.3) is 0 Å². The number of rotatable bonds is 1. The number of ether oxygens (including phenoxy) is 1. The molecule has 15 heavy (non-hydrogen) atoms. The van der Waals surface area contributed by atoms with E-state index in [0.717, 1.165) is 25.9 Å². The van der Waals surface area contributed by atoms with Gasteiger partial charge in [0.15, 0.2) is 0 Å². The summed E-state index contributed by atoms with van der Waals surface area (Å²) in [5, 5.41) is 0. The molecule has 0 N–H and O–H groups in total. The zero-order valence-electron chi connectivity index (χ0n) is 10.6. The highest BCUT2D eigenvalue weighted by molar-refractivity contribution is 5.68. The molecule has 1 aliphatic rings. The molecule has 0 aromatic carbocycles. The van der Waals surface area contributed by atoms with Crippen molar-refractivity contribution in [3.63, 3.8) is 0 Å². The van der Waals surface area contributed by atoms with Gasteiger partial charge in [0.05, 0.1) is 0 Å². The Labute approximate surface area is 92.8 Å². The summed E-state index contributed by atoms with van der Waals surface area (Å²) < 4.78 is 5.35. The van der Waals surface area contributed by atoms with Crippen LogP contribution < -0.4 is 0 Å². The lowest BCUT2D eigenvalue weighted by atomic mass is 9.87. The number of carbonyl (C=O) groups excluding carboxylic acids is 1. The topological polar surface area (TPSA) is 29.5 Å². The summed E-state index contributed by atoms with van der Waals surface area (Å²) in [6, 6.07) is 0. The molecule has 1 saturated heterocycles. The first kappa shape index (κ1) is 12.3. The number of hydrogen-bond acceptors (Lipinski definition) is 2. The third kappa shape index (κ3) is 3.40. The van der Waals surface area contributed by atoms with E-state index < -0.39 is 0 Å². The summed E-state index contributed by atoms with van der Waals surface area (Å²) in [7, 11) is 0. The molecule has 1 amide bonds. The summed E-state index contributed by atoms with van der Waals surface area (Å²) in [4.78, 5) is 13.6. The highest BCUT2D eigenvalue weighted by Crippen LogP contribution is 2.33. The van der Waals surface area contributed by atoms with E-state index in [0.29, 0.717) is 0 Å². The van der Waals surface area contributed by atoms with Crippen LogP contribution in [0.1, 0.15) is 47.5 Å². The minimum absolute atomic E-state index is 0.167. The summed E-state index contributed by atoms with van der Waals surface area (Å²) in [5.74, 6) is 0. The maximum Gasteiger partial charge on any atom is 0.410 e. The summed E-state index contributed by atoms with van der Waals surface area (Å²) in [6.45, 7) is 11.8. The Morgan fingerprint density at radius 2 is 2.07 bits per heavy atom. The van der Waals surface area contributed by atoms with Crippen LogP contribution in [0.2, 0.25) is 0 Å². The lowest BCUT2D eigenvalue weighted by molar-refractivity contribution is 0.0275. The van der Waals surface area contributed by atoms with Gasteiger partial charge in [0.25, 0.3) is 0 Å². The molecule has 1 unspecified atom stereocenters. The van der Waals surface area contributed by atoms with Gasteiger partial charge in [0.2, 0.25) is 0 Å². The van der Waals surface area contributed by atoms with Gasteiger partial charge in [-0.05, 0) is 39.0 Å². The first-order chi connectivity index (χ1) is 6.76. The number of nitrogens with zero attached hydrogens (tertiary/aromatic N) is 1. The fraction of sp³-hybridized carbons (Fsp3) is 0.917. The lowest BCUT2D eigenvalue weighted by Crippen LogP contribution is -2.36. The highest BCUT2D eigenvalue weighted by Gasteiger charge is 2.36. The Bertz CT molecular complexity index is 244. The van der Waals surface area contributed by atoms with Crippen molar-refractivity contribution in [2.75, 3.05) is 13.1 Å². The van der Waals surface area contributed by atoms with Crippen molar-refractivity contribution in [3.8, 4) is 0 Å². The molecule has 3 nitrogen and oxygen atoms in total. The van der Waals surface area contributed by atoms with Crippen molar-refractivity contribution in [1.29, 1.82) is 0 Å². The molecule has 0 radical (unpaired) electrons. The van der Waals surface area contributed by atoms with Gasteiger partial charge in [-0.2, -0.15) is 0 Å². The summed E-state index contributed by atoms with van der Waals surface area (Å²) in [6.07, 6.45) is 2.04. The second-order valence-corrected chi connectivity index (χ2v) is 5.82. The van der Waals surface area contributed by atoms with Gasteiger partial charge in [0, 0.05) is 13.1 Å². The molecule has 1 atom stereocenters. The predicted molar refractivity (Wildman–Crippen MR) is 60.8 cm³/mol. The van der Waals surface area contributed by atoms with E-state index in [9.17, 15) is 4.79 Å². The molecule has 1 aliphatic heterocycles. The average Bonchev–Trinajstić information content (AvgIpc) is 2.46. The van der Waals surface area contributed by atoms with Crippen LogP contribution in [0.15, 0.2) is 0 Å². The minimum atomic E-state index is -0.387. The van der Waals surface area contributed by atoms with E-state index in [1.807, 2.05) is 25.7 Å². The predicted octanol–water partition coefficient (Wildman–Crippen LogP) is 3.04. The molecule has 88 valence electrons. The summed E-state index contributed by atoms with van der Waals surface area (Å²) in [5.41, 5.74) is -0.0980. The number of hydrogen-bond donors (Lipinski definition) is 0. The SMILES string of the molecule is CCC1(C)CCN(C(=O)OC(C)(C)C)C1. The molecule has 0 aromatic heterocycles. The molecule has 1 fully saturated rings. The lowest BCUT2D eigenvalue weighted by Gasteiger charge is -2.26. The first-order valence-electron chi connectivity index (χ1n) is 5.74. The molecule has 1 rings (SSSR count). The molecule has 0 bridgehead atoms. The van der Waals surface area contributed by atoms with Crippen molar-refractivity contribution >= 4 is 6.09 Å². The van der Waals surface area contributed by atoms with Crippen molar-refractivity contribution in [2.45, 2.75) is 53.1 Å². The third-order valence-electron chi connectivity index (χ3n) is 3.06. The van der Waals surface area contributed by atoms with Gasteiger partial charge in [-0.25, -0.2) is 4.79 Å². The van der Waals surface area contributed by atoms with E-state index in [2.05, 4.69) is 13.8 Å². The van der Waals surface area contributed by atoms with Crippen LogP contribution >= 0.6 is 0 Å². The Balaban J connectivity index is 2.51. The van der Waals surface area contributed by atoms with Crippen molar-refractivity contribution in [2.24, 2.45) is 5.41 Å². The van der Waals surface area contributed by atoms with Gasteiger partial charge >= 0.3 is 6.09 Å².